The number of aromatic amines is 1. The zero-order valence-electron chi connectivity index (χ0n) is 12.4. The highest BCUT2D eigenvalue weighted by Crippen LogP contribution is 2.18. The summed E-state index contributed by atoms with van der Waals surface area (Å²) in [6.45, 7) is 0. The Morgan fingerprint density at radius 3 is 2.14 bits per heavy atom. The Labute approximate surface area is 128 Å². The molecule has 0 saturated heterocycles. The van der Waals surface area contributed by atoms with E-state index in [4.69, 9.17) is 0 Å². The minimum Gasteiger partial charge on any atom is -0.378 e. The van der Waals surface area contributed by atoms with E-state index in [1.807, 2.05) is 73.6 Å². The minimum absolute atomic E-state index is 0.244. The van der Waals surface area contributed by atoms with E-state index in [0.717, 1.165) is 16.8 Å². The van der Waals surface area contributed by atoms with Crippen LogP contribution >= 0.6 is 0 Å². The van der Waals surface area contributed by atoms with Crippen molar-refractivity contribution < 1.29 is 0 Å². The second-order valence-electron chi connectivity index (χ2n) is 5.16. The van der Waals surface area contributed by atoms with Gasteiger partial charge in [0.1, 0.15) is 0 Å². The average molecular weight is 292 g/mol. The summed E-state index contributed by atoms with van der Waals surface area (Å²) < 4.78 is 0. The van der Waals surface area contributed by atoms with Crippen molar-refractivity contribution in [2.24, 2.45) is 0 Å². The fourth-order valence-corrected chi connectivity index (χ4v) is 2.17. The summed E-state index contributed by atoms with van der Waals surface area (Å²) >= 11 is 0. The van der Waals surface area contributed by atoms with Gasteiger partial charge in [0, 0.05) is 30.9 Å². The van der Waals surface area contributed by atoms with Crippen LogP contribution in [0.4, 0.5) is 5.69 Å². The molecule has 0 radical (unpaired) electrons. The van der Waals surface area contributed by atoms with Crippen molar-refractivity contribution >= 4 is 5.69 Å². The van der Waals surface area contributed by atoms with Crippen LogP contribution in [-0.4, -0.2) is 29.3 Å². The van der Waals surface area contributed by atoms with Crippen LogP contribution in [0.2, 0.25) is 0 Å². The van der Waals surface area contributed by atoms with Crippen LogP contribution < -0.4 is 10.5 Å². The highest BCUT2D eigenvalue weighted by Gasteiger charge is 2.09. The maximum absolute atomic E-state index is 12.3. The molecule has 0 aliphatic rings. The van der Waals surface area contributed by atoms with Gasteiger partial charge in [-0.1, -0.05) is 42.5 Å². The van der Waals surface area contributed by atoms with Crippen molar-refractivity contribution in [3.63, 3.8) is 0 Å². The summed E-state index contributed by atoms with van der Waals surface area (Å²) in [6.07, 6.45) is 0. The third-order valence-electron chi connectivity index (χ3n) is 3.40. The summed E-state index contributed by atoms with van der Waals surface area (Å²) in [4.78, 5) is 17.1. The van der Waals surface area contributed by atoms with Crippen LogP contribution in [0, 0.1) is 0 Å². The zero-order valence-corrected chi connectivity index (χ0v) is 12.4. The highest BCUT2D eigenvalue weighted by atomic mass is 16.1. The summed E-state index contributed by atoms with van der Waals surface area (Å²) in [5, 5.41) is 8.22. The van der Waals surface area contributed by atoms with Crippen LogP contribution in [0.1, 0.15) is 0 Å². The maximum atomic E-state index is 12.3. The molecule has 3 aromatic rings. The van der Waals surface area contributed by atoms with E-state index in [2.05, 4.69) is 15.2 Å². The predicted molar refractivity (Wildman–Crippen MR) is 87.9 cm³/mol. The molecule has 5 nitrogen and oxygen atoms in total. The lowest BCUT2D eigenvalue weighted by atomic mass is 10.1. The van der Waals surface area contributed by atoms with Crippen LogP contribution in [0.5, 0.6) is 0 Å². The summed E-state index contributed by atoms with van der Waals surface area (Å²) in [7, 11) is 3.94. The van der Waals surface area contributed by atoms with Crippen LogP contribution in [0.15, 0.2) is 59.4 Å². The molecule has 1 heterocycles. The van der Waals surface area contributed by atoms with Crippen molar-refractivity contribution in [2.45, 2.75) is 0 Å². The topological polar surface area (TPSA) is 61.9 Å². The molecule has 0 aliphatic heterocycles. The average Bonchev–Trinajstić information content (AvgIpc) is 2.56. The van der Waals surface area contributed by atoms with Crippen molar-refractivity contribution in [1.82, 2.24) is 15.2 Å². The van der Waals surface area contributed by atoms with E-state index >= 15 is 0 Å². The third kappa shape index (κ3) is 2.74. The van der Waals surface area contributed by atoms with Gasteiger partial charge < -0.3 is 9.88 Å². The lowest BCUT2D eigenvalue weighted by Gasteiger charge is -2.12. The number of nitrogens with zero attached hydrogens (tertiary/aromatic N) is 3. The molecule has 0 spiro atoms. The quantitative estimate of drug-likeness (QED) is 0.806. The van der Waals surface area contributed by atoms with E-state index in [9.17, 15) is 4.79 Å². The van der Waals surface area contributed by atoms with Gasteiger partial charge in [0.15, 0.2) is 11.5 Å². The van der Waals surface area contributed by atoms with E-state index in [1.54, 1.807) is 0 Å². The molecule has 110 valence electrons. The first-order valence-corrected chi connectivity index (χ1v) is 6.95. The molecule has 0 aliphatic carbocycles. The van der Waals surface area contributed by atoms with Gasteiger partial charge in [-0.3, -0.25) is 4.79 Å². The highest BCUT2D eigenvalue weighted by molar-refractivity contribution is 5.63. The van der Waals surface area contributed by atoms with Crippen LogP contribution in [0.25, 0.3) is 22.6 Å². The van der Waals surface area contributed by atoms with Crippen molar-refractivity contribution in [3.05, 3.63) is 65.0 Å². The van der Waals surface area contributed by atoms with E-state index in [-0.39, 0.29) is 5.56 Å². The number of hydrogen-bond acceptors (Lipinski definition) is 4. The Bertz CT molecular complexity index is 823. The standard InChI is InChI=1S/C17H16N4O/c1-21(2)14-10-8-12(9-11-14)15-17(22)18-16(20-19-15)13-6-4-3-5-7-13/h3-11H,1-2H3,(H,18,20,22). The van der Waals surface area contributed by atoms with Gasteiger partial charge in [0.25, 0.3) is 5.56 Å². The molecule has 22 heavy (non-hydrogen) atoms. The molecule has 3 rings (SSSR count). The summed E-state index contributed by atoms with van der Waals surface area (Å²) in [5.41, 5.74) is 2.73. The number of rotatable bonds is 3. The number of benzene rings is 2. The summed E-state index contributed by atoms with van der Waals surface area (Å²) in [6, 6.07) is 17.1. The Morgan fingerprint density at radius 2 is 1.55 bits per heavy atom. The first-order valence-electron chi connectivity index (χ1n) is 6.95. The van der Waals surface area contributed by atoms with Gasteiger partial charge in [-0.05, 0) is 12.1 Å². The van der Waals surface area contributed by atoms with Gasteiger partial charge in [0.05, 0.1) is 0 Å². The Hall–Kier alpha value is -2.95. The van der Waals surface area contributed by atoms with Crippen molar-refractivity contribution in [2.75, 3.05) is 19.0 Å². The first kappa shape index (κ1) is 14.0. The normalized spacial score (nSPS) is 10.5. The molecule has 1 N–H and O–H groups in total. The van der Waals surface area contributed by atoms with Crippen molar-refractivity contribution in [1.29, 1.82) is 0 Å². The second kappa shape index (κ2) is 5.81. The minimum atomic E-state index is -0.244. The maximum Gasteiger partial charge on any atom is 0.278 e. The molecule has 0 unspecified atom stereocenters. The van der Waals surface area contributed by atoms with Gasteiger partial charge in [-0.2, -0.15) is 0 Å². The third-order valence-corrected chi connectivity index (χ3v) is 3.40. The summed E-state index contributed by atoms with van der Waals surface area (Å²) in [5.74, 6) is 0.472. The monoisotopic (exact) mass is 292 g/mol. The SMILES string of the molecule is CN(C)c1ccc(-c2nnc(-c3ccccc3)[nH]c2=O)cc1. The molecule has 0 atom stereocenters. The van der Waals surface area contributed by atoms with Gasteiger partial charge in [-0.25, -0.2) is 0 Å². The predicted octanol–water partition coefficient (Wildman–Crippen LogP) is 2.56. The Kier molecular flexibility index (Phi) is 3.70. The van der Waals surface area contributed by atoms with E-state index in [1.165, 1.54) is 0 Å². The van der Waals surface area contributed by atoms with Gasteiger partial charge >= 0.3 is 0 Å². The van der Waals surface area contributed by atoms with Crippen LogP contribution in [0.3, 0.4) is 0 Å². The number of nitrogens with one attached hydrogen (secondary N) is 1. The number of hydrogen-bond donors (Lipinski definition) is 1. The lowest BCUT2D eigenvalue weighted by Crippen LogP contribution is -2.14. The molecular formula is C17H16N4O. The lowest BCUT2D eigenvalue weighted by molar-refractivity contribution is 0.963. The second-order valence-corrected chi connectivity index (χ2v) is 5.16. The zero-order chi connectivity index (χ0) is 15.5. The molecule has 2 aromatic carbocycles. The van der Waals surface area contributed by atoms with E-state index in [0.29, 0.717) is 11.5 Å². The molecule has 5 heteroatoms. The Morgan fingerprint density at radius 1 is 0.864 bits per heavy atom. The molecular weight excluding hydrogens is 276 g/mol. The van der Waals surface area contributed by atoms with Crippen LogP contribution in [-0.2, 0) is 0 Å². The van der Waals surface area contributed by atoms with E-state index < -0.39 is 0 Å². The molecule has 0 amide bonds. The fraction of sp³-hybridized carbons (Fsp3) is 0.118. The van der Waals surface area contributed by atoms with Gasteiger partial charge in [-0.15, -0.1) is 10.2 Å². The van der Waals surface area contributed by atoms with Gasteiger partial charge in [0.2, 0.25) is 0 Å². The Balaban J connectivity index is 1.97. The fourth-order valence-electron chi connectivity index (χ4n) is 2.17. The number of anilines is 1. The first-order chi connectivity index (χ1) is 10.6. The molecule has 0 saturated carbocycles. The molecule has 0 bridgehead atoms. The number of H-pyrrole nitrogens is 1. The smallest absolute Gasteiger partial charge is 0.278 e. The largest absolute Gasteiger partial charge is 0.378 e. The number of aromatic nitrogens is 3. The molecule has 1 aromatic heterocycles. The van der Waals surface area contributed by atoms with Crippen molar-refractivity contribution in [3.8, 4) is 22.6 Å². The molecule has 0 fully saturated rings.